The number of hydrogen-bond acceptors (Lipinski definition) is 5. The minimum atomic E-state index is -1.00. The molecule has 1 amide bonds. The molecule has 118 valence electrons. The van der Waals surface area contributed by atoms with Gasteiger partial charge in [-0.1, -0.05) is 25.4 Å². The van der Waals surface area contributed by atoms with E-state index in [0.717, 1.165) is 6.07 Å². The van der Waals surface area contributed by atoms with Gasteiger partial charge in [0.25, 0.3) is 11.6 Å². The molecule has 0 saturated carbocycles. The summed E-state index contributed by atoms with van der Waals surface area (Å²) >= 11 is 5.85. The lowest BCUT2D eigenvalue weighted by atomic mass is 9.90. The molecular weight excluding hydrogens is 310 g/mol. The molecule has 1 atom stereocenters. The number of nitriles is 1. The fourth-order valence-corrected chi connectivity index (χ4v) is 1.72. The van der Waals surface area contributed by atoms with Crippen molar-refractivity contribution in [3.05, 3.63) is 33.3 Å². The highest BCUT2D eigenvalue weighted by atomic mass is 35.5. The first-order valence-corrected chi connectivity index (χ1v) is 6.86. The number of nitrogens with zero attached hydrogens (tertiary/aromatic N) is 2. The summed E-state index contributed by atoms with van der Waals surface area (Å²) in [6, 6.07) is 5.74. The summed E-state index contributed by atoms with van der Waals surface area (Å²) in [5, 5.41) is 22.3. The predicted octanol–water partition coefficient (Wildman–Crippen LogP) is 2.68. The van der Waals surface area contributed by atoms with Gasteiger partial charge in [-0.2, -0.15) is 5.26 Å². The minimum absolute atomic E-state index is 0.0360. The van der Waals surface area contributed by atoms with Gasteiger partial charge in [0, 0.05) is 12.1 Å². The number of carbonyl (C=O) groups excluding carboxylic acids is 1. The molecule has 8 heteroatoms. The number of benzene rings is 1. The molecule has 0 aromatic heterocycles. The maximum absolute atomic E-state index is 11.8. The lowest BCUT2D eigenvalue weighted by Crippen LogP contribution is -2.50. The standard InChI is InChI=1S/C14H16ClN3O4/c1-9(2)14(3,8-16)17-13(19)7-22-12-5-4-10(18(20)21)6-11(12)15/h4-6,9H,7H2,1-3H3,(H,17,19). The Morgan fingerprint density at radius 1 is 1.59 bits per heavy atom. The molecule has 7 nitrogen and oxygen atoms in total. The lowest BCUT2D eigenvalue weighted by molar-refractivity contribution is -0.384. The molecule has 0 bridgehead atoms. The molecule has 1 unspecified atom stereocenters. The maximum atomic E-state index is 11.8. The summed E-state index contributed by atoms with van der Waals surface area (Å²) in [7, 11) is 0. The summed E-state index contributed by atoms with van der Waals surface area (Å²) in [5.74, 6) is -0.401. The van der Waals surface area contributed by atoms with Crippen molar-refractivity contribution >= 4 is 23.2 Å². The Hall–Kier alpha value is -2.33. The number of nitrogens with one attached hydrogen (secondary N) is 1. The summed E-state index contributed by atoms with van der Waals surface area (Å²) < 4.78 is 5.23. The third kappa shape index (κ3) is 4.33. The van der Waals surface area contributed by atoms with E-state index >= 15 is 0 Å². The van der Waals surface area contributed by atoms with Crippen LogP contribution in [0, 0.1) is 27.4 Å². The number of nitro benzene ring substituents is 1. The van der Waals surface area contributed by atoms with Crippen LogP contribution in [-0.4, -0.2) is 23.0 Å². The topological polar surface area (TPSA) is 105 Å². The van der Waals surface area contributed by atoms with E-state index in [4.69, 9.17) is 21.6 Å². The van der Waals surface area contributed by atoms with Crippen LogP contribution in [0.2, 0.25) is 5.02 Å². The molecule has 0 saturated heterocycles. The van der Waals surface area contributed by atoms with E-state index in [9.17, 15) is 14.9 Å². The minimum Gasteiger partial charge on any atom is -0.482 e. The van der Waals surface area contributed by atoms with Crippen molar-refractivity contribution in [3.63, 3.8) is 0 Å². The molecule has 1 aromatic carbocycles. The lowest BCUT2D eigenvalue weighted by Gasteiger charge is -2.27. The van der Waals surface area contributed by atoms with Crippen molar-refractivity contribution in [1.82, 2.24) is 5.32 Å². The number of hydrogen-bond donors (Lipinski definition) is 1. The van der Waals surface area contributed by atoms with Gasteiger partial charge >= 0.3 is 0 Å². The van der Waals surface area contributed by atoms with Crippen molar-refractivity contribution in [3.8, 4) is 11.8 Å². The predicted molar refractivity (Wildman–Crippen MR) is 80.6 cm³/mol. The van der Waals surface area contributed by atoms with Gasteiger partial charge in [0.05, 0.1) is 16.0 Å². The van der Waals surface area contributed by atoms with E-state index in [1.807, 2.05) is 19.9 Å². The largest absolute Gasteiger partial charge is 0.482 e. The van der Waals surface area contributed by atoms with Gasteiger partial charge in [-0.25, -0.2) is 0 Å². The SMILES string of the molecule is CC(C)C(C)(C#N)NC(=O)COc1ccc([N+](=O)[O-])cc1Cl. The molecular formula is C14H16ClN3O4. The third-order valence-corrected chi connectivity index (χ3v) is 3.57. The van der Waals surface area contributed by atoms with E-state index in [-0.39, 0.29) is 29.0 Å². The van der Waals surface area contributed by atoms with E-state index in [1.54, 1.807) is 6.92 Å². The zero-order chi connectivity index (χ0) is 16.9. The number of halogens is 1. The second-order valence-electron chi connectivity index (χ2n) is 5.18. The summed E-state index contributed by atoms with van der Waals surface area (Å²) in [4.78, 5) is 21.9. The number of ether oxygens (including phenoxy) is 1. The molecule has 0 radical (unpaired) electrons. The monoisotopic (exact) mass is 325 g/mol. The molecule has 0 fully saturated rings. The second kappa shape index (κ2) is 7.09. The maximum Gasteiger partial charge on any atom is 0.271 e. The molecule has 1 rings (SSSR count). The van der Waals surface area contributed by atoms with Crippen LogP contribution in [-0.2, 0) is 4.79 Å². The molecule has 0 spiro atoms. The first-order chi connectivity index (χ1) is 10.2. The number of nitro groups is 1. The molecule has 1 aromatic rings. The number of amides is 1. The van der Waals surface area contributed by atoms with Crippen molar-refractivity contribution in [2.24, 2.45) is 5.92 Å². The average molecular weight is 326 g/mol. The Morgan fingerprint density at radius 2 is 2.23 bits per heavy atom. The second-order valence-corrected chi connectivity index (χ2v) is 5.58. The van der Waals surface area contributed by atoms with Gasteiger partial charge in [0.15, 0.2) is 6.61 Å². The number of rotatable bonds is 6. The first-order valence-electron chi connectivity index (χ1n) is 6.48. The van der Waals surface area contributed by atoms with Gasteiger partial charge in [-0.15, -0.1) is 0 Å². The van der Waals surface area contributed by atoms with Crippen LogP contribution in [0.1, 0.15) is 20.8 Å². The van der Waals surface area contributed by atoms with Crippen molar-refractivity contribution < 1.29 is 14.5 Å². The average Bonchev–Trinajstić information content (AvgIpc) is 2.45. The Balaban J connectivity index is 2.69. The molecule has 0 aliphatic rings. The Bertz CT molecular complexity index is 627. The number of non-ortho nitro benzene ring substituents is 1. The highest BCUT2D eigenvalue weighted by Crippen LogP contribution is 2.28. The van der Waals surface area contributed by atoms with E-state index in [0.29, 0.717) is 0 Å². The normalized spacial score (nSPS) is 13.1. The van der Waals surface area contributed by atoms with Gasteiger partial charge in [-0.05, 0) is 18.9 Å². The van der Waals surface area contributed by atoms with Crippen LogP contribution >= 0.6 is 11.6 Å². The molecule has 22 heavy (non-hydrogen) atoms. The van der Waals surface area contributed by atoms with E-state index in [2.05, 4.69) is 5.32 Å². The molecule has 0 aliphatic carbocycles. The van der Waals surface area contributed by atoms with Crippen molar-refractivity contribution in [1.29, 1.82) is 5.26 Å². The van der Waals surface area contributed by atoms with Gasteiger partial charge in [-0.3, -0.25) is 14.9 Å². The zero-order valence-corrected chi connectivity index (χ0v) is 13.2. The Labute approximate surface area is 133 Å². The highest BCUT2D eigenvalue weighted by molar-refractivity contribution is 6.32. The molecule has 0 aliphatic heterocycles. The summed E-state index contributed by atoms with van der Waals surface area (Å²) in [5.41, 5.74) is -1.17. The van der Waals surface area contributed by atoms with Gasteiger partial charge in [0.2, 0.25) is 0 Å². The number of carbonyl (C=O) groups is 1. The van der Waals surface area contributed by atoms with Crippen LogP contribution in [0.15, 0.2) is 18.2 Å². The smallest absolute Gasteiger partial charge is 0.271 e. The summed E-state index contributed by atoms with van der Waals surface area (Å²) in [6.45, 7) is 4.91. The van der Waals surface area contributed by atoms with Crippen molar-refractivity contribution in [2.45, 2.75) is 26.3 Å². The first kappa shape index (κ1) is 17.7. The third-order valence-electron chi connectivity index (χ3n) is 3.27. The highest BCUT2D eigenvalue weighted by Gasteiger charge is 2.30. The van der Waals surface area contributed by atoms with Gasteiger partial charge < -0.3 is 10.1 Å². The van der Waals surface area contributed by atoms with Gasteiger partial charge in [0.1, 0.15) is 11.3 Å². The van der Waals surface area contributed by atoms with E-state index in [1.165, 1.54) is 12.1 Å². The fourth-order valence-electron chi connectivity index (χ4n) is 1.49. The van der Waals surface area contributed by atoms with E-state index < -0.39 is 16.4 Å². The molecule has 1 N–H and O–H groups in total. The Morgan fingerprint density at radius 3 is 2.68 bits per heavy atom. The van der Waals surface area contributed by atoms with Crippen molar-refractivity contribution in [2.75, 3.05) is 6.61 Å². The van der Waals surface area contributed by atoms with Crippen LogP contribution in [0.5, 0.6) is 5.75 Å². The summed E-state index contributed by atoms with van der Waals surface area (Å²) in [6.07, 6.45) is 0. The van der Waals surface area contributed by atoms with Crippen LogP contribution < -0.4 is 10.1 Å². The van der Waals surface area contributed by atoms with Crippen LogP contribution in [0.3, 0.4) is 0 Å². The quantitative estimate of drug-likeness (QED) is 0.639. The fraction of sp³-hybridized carbons (Fsp3) is 0.429. The molecule has 0 heterocycles. The van der Waals surface area contributed by atoms with Crippen LogP contribution in [0.4, 0.5) is 5.69 Å². The zero-order valence-electron chi connectivity index (χ0n) is 12.4. The van der Waals surface area contributed by atoms with Crippen LogP contribution in [0.25, 0.3) is 0 Å². The Kier molecular flexibility index (Phi) is 5.71.